The molecule has 0 saturated carbocycles. The highest BCUT2D eigenvalue weighted by Crippen LogP contribution is 2.25. The van der Waals surface area contributed by atoms with Crippen LogP contribution in [0.1, 0.15) is 17.3 Å². The second-order valence-corrected chi connectivity index (χ2v) is 4.71. The van der Waals surface area contributed by atoms with Gasteiger partial charge in [0.2, 0.25) is 5.91 Å². The highest BCUT2D eigenvalue weighted by Gasteiger charge is 2.19. The number of carbonyl (C=O) groups excluding carboxylic acids is 2. The predicted molar refractivity (Wildman–Crippen MR) is 86.2 cm³/mol. The SMILES string of the molecule is CC(=O)Nc1ccc(NC(=O)c2cccc([N+](=O)[O-])c2N)cc1. The standard InChI is InChI=1S/C15H14N4O4/c1-9(20)17-10-5-7-11(8-6-10)18-15(21)12-3-2-4-13(14(12)16)19(22)23/h2-8H,16H2,1H3,(H,17,20)(H,18,21). The molecular weight excluding hydrogens is 300 g/mol. The molecule has 0 unspecified atom stereocenters. The van der Waals surface area contributed by atoms with Crippen LogP contribution in [0.4, 0.5) is 22.7 Å². The maximum atomic E-state index is 12.2. The zero-order chi connectivity index (χ0) is 17.0. The number of nitrogens with zero attached hydrogens (tertiary/aromatic N) is 1. The number of nitrogen functional groups attached to an aromatic ring is 1. The van der Waals surface area contributed by atoms with Crippen molar-refractivity contribution in [3.63, 3.8) is 0 Å². The molecule has 0 aromatic heterocycles. The molecule has 0 atom stereocenters. The van der Waals surface area contributed by atoms with Crippen LogP contribution in [-0.2, 0) is 4.79 Å². The molecule has 8 nitrogen and oxygen atoms in total. The van der Waals surface area contributed by atoms with E-state index in [1.54, 1.807) is 24.3 Å². The number of nitro benzene ring substituents is 1. The van der Waals surface area contributed by atoms with Crippen molar-refractivity contribution < 1.29 is 14.5 Å². The minimum atomic E-state index is -0.645. The molecule has 4 N–H and O–H groups in total. The van der Waals surface area contributed by atoms with Crippen molar-refractivity contribution in [3.8, 4) is 0 Å². The van der Waals surface area contributed by atoms with E-state index in [1.807, 2.05) is 0 Å². The largest absolute Gasteiger partial charge is 0.393 e. The van der Waals surface area contributed by atoms with E-state index < -0.39 is 10.8 Å². The van der Waals surface area contributed by atoms with E-state index in [-0.39, 0.29) is 22.8 Å². The van der Waals surface area contributed by atoms with Crippen molar-refractivity contribution >= 4 is 34.6 Å². The molecule has 0 aliphatic carbocycles. The van der Waals surface area contributed by atoms with E-state index in [0.29, 0.717) is 11.4 Å². The fraction of sp³-hybridized carbons (Fsp3) is 0.0667. The molecule has 23 heavy (non-hydrogen) atoms. The molecule has 2 rings (SSSR count). The fourth-order valence-corrected chi connectivity index (χ4v) is 1.95. The lowest BCUT2D eigenvalue weighted by molar-refractivity contribution is -0.383. The van der Waals surface area contributed by atoms with Gasteiger partial charge in [0.25, 0.3) is 11.6 Å². The van der Waals surface area contributed by atoms with Gasteiger partial charge in [0, 0.05) is 24.4 Å². The van der Waals surface area contributed by atoms with Gasteiger partial charge in [-0.05, 0) is 30.3 Å². The van der Waals surface area contributed by atoms with Crippen molar-refractivity contribution in [2.24, 2.45) is 0 Å². The molecule has 0 aliphatic rings. The molecule has 2 aromatic carbocycles. The molecular formula is C15H14N4O4. The number of hydrogen-bond donors (Lipinski definition) is 3. The Morgan fingerprint density at radius 2 is 1.61 bits per heavy atom. The number of amides is 2. The highest BCUT2D eigenvalue weighted by atomic mass is 16.6. The smallest absolute Gasteiger partial charge is 0.292 e. The van der Waals surface area contributed by atoms with Gasteiger partial charge in [-0.25, -0.2) is 0 Å². The Bertz CT molecular complexity index is 772. The summed E-state index contributed by atoms with van der Waals surface area (Å²) in [6.07, 6.45) is 0. The van der Waals surface area contributed by atoms with Gasteiger partial charge in [0.1, 0.15) is 5.69 Å². The summed E-state index contributed by atoms with van der Waals surface area (Å²) in [6, 6.07) is 10.5. The molecule has 0 saturated heterocycles. The first-order valence-electron chi connectivity index (χ1n) is 6.60. The van der Waals surface area contributed by atoms with Crippen molar-refractivity contribution in [3.05, 3.63) is 58.1 Å². The number of hydrogen-bond acceptors (Lipinski definition) is 5. The Morgan fingerprint density at radius 3 is 2.13 bits per heavy atom. The number of nitro groups is 1. The first-order valence-corrected chi connectivity index (χ1v) is 6.60. The van der Waals surface area contributed by atoms with E-state index in [4.69, 9.17) is 5.73 Å². The number of nitrogens with two attached hydrogens (primary N) is 1. The molecule has 0 fully saturated rings. The summed E-state index contributed by atoms with van der Waals surface area (Å²) in [6.45, 7) is 1.39. The van der Waals surface area contributed by atoms with Gasteiger partial charge in [0.05, 0.1) is 10.5 Å². The third-order valence-electron chi connectivity index (χ3n) is 2.99. The molecule has 0 heterocycles. The number of nitrogens with one attached hydrogen (secondary N) is 2. The van der Waals surface area contributed by atoms with Crippen molar-refractivity contribution in [2.75, 3.05) is 16.4 Å². The number of anilines is 3. The Hall–Kier alpha value is -3.42. The van der Waals surface area contributed by atoms with Gasteiger partial charge in [-0.2, -0.15) is 0 Å². The Kier molecular flexibility index (Phi) is 4.55. The summed E-state index contributed by atoms with van der Waals surface area (Å²) < 4.78 is 0. The molecule has 118 valence electrons. The summed E-state index contributed by atoms with van der Waals surface area (Å²) in [5.74, 6) is -0.760. The minimum Gasteiger partial charge on any atom is -0.393 e. The van der Waals surface area contributed by atoms with Gasteiger partial charge >= 0.3 is 0 Å². The summed E-state index contributed by atoms with van der Waals surface area (Å²) in [5.41, 5.74) is 6.23. The van der Waals surface area contributed by atoms with E-state index in [9.17, 15) is 19.7 Å². The number of carbonyl (C=O) groups is 2. The van der Waals surface area contributed by atoms with Crippen molar-refractivity contribution in [2.45, 2.75) is 6.92 Å². The Morgan fingerprint density at radius 1 is 1.04 bits per heavy atom. The first-order chi connectivity index (χ1) is 10.9. The van der Waals surface area contributed by atoms with Crippen molar-refractivity contribution in [1.29, 1.82) is 0 Å². The number of benzene rings is 2. The second kappa shape index (κ2) is 6.56. The predicted octanol–water partition coefficient (Wildman–Crippen LogP) is 2.39. The van der Waals surface area contributed by atoms with Crippen LogP contribution in [0, 0.1) is 10.1 Å². The van der Waals surface area contributed by atoms with Crippen LogP contribution in [0.2, 0.25) is 0 Å². The molecule has 0 radical (unpaired) electrons. The average Bonchev–Trinajstić information content (AvgIpc) is 2.48. The van der Waals surface area contributed by atoms with Gasteiger partial charge in [0.15, 0.2) is 0 Å². The van der Waals surface area contributed by atoms with Crippen LogP contribution in [0.15, 0.2) is 42.5 Å². The van der Waals surface area contributed by atoms with Gasteiger partial charge in [-0.3, -0.25) is 19.7 Å². The average molecular weight is 314 g/mol. The molecule has 0 spiro atoms. The molecule has 0 bridgehead atoms. The fourth-order valence-electron chi connectivity index (χ4n) is 1.95. The topological polar surface area (TPSA) is 127 Å². The van der Waals surface area contributed by atoms with Gasteiger partial charge in [-0.1, -0.05) is 6.07 Å². The lowest BCUT2D eigenvalue weighted by Gasteiger charge is -2.08. The van der Waals surface area contributed by atoms with Crippen LogP contribution >= 0.6 is 0 Å². The van der Waals surface area contributed by atoms with E-state index in [2.05, 4.69) is 10.6 Å². The van der Waals surface area contributed by atoms with Crippen LogP contribution in [0.25, 0.3) is 0 Å². The van der Waals surface area contributed by atoms with Crippen LogP contribution in [-0.4, -0.2) is 16.7 Å². The zero-order valence-electron chi connectivity index (χ0n) is 12.2. The summed E-state index contributed by atoms with van der Waals surface area (Å²) >= 11 is 0. The van der Waals surface area contributed by atoms with E-state index >= 15 is 0 Å². The third-order valence-corrected chi connectivity index (χ3v) is 2.99. The lowest BCUT2D eigenvalue weighted by Crippen LogP contribution is -2.15. The molecule has 2 amide bonds. The summed E-state index contributed by atoms with van der Waals surface area (Å²) in [4.78, 5) is 33.3. The van der Waals surface area contributed by atoms with Crippen LogP contribution in [0.5, 0.6) is 0 Å². The van der Waals surface area contributed by atoms with E-state index in [0.717, 1.165) is 0 Å². The van der Waals surface area contributed by atoms with Gasteiger partial charge in [-0.15, -0.1) is 0 Å². The minimum absolute atomic E-state index is 0.0186. The number of rotatable bonds is 4. The second-order valence-electron chi connectivity index (χ2n) is 4.71. The van der Waals surface area contributed by atoms with Crippen LogP contribution < -0.4 is 16.4 Å². The lowest BCUT2D eigenvalue weighted by atomic mass is 10.1. The third kappa shape index (κ3) is 3.82. The normalized spacial score (nSPS) is 9.96. The Balaban J connectivity index is 2.18. The maximum Gasteiger partial charge on any atom is 0.292 e. The Labute approximate surface area is 131 Å². The molecule has 2 aromatic rings. The zero-order valence-corrected chi connectivity index (χ0v) is 12.2. The van der Waals surface area contributed by atoms with Crippen LogP contribution in [0.3, 0.4) is 0 Å². The molecule has 8 heteroatoms. The first kappa shape index (κ1) is 16.0. The molecule has 0 aliphatic heterocycles. The highest BCUT2D eigenvalue weighted by molar-refractivity contribution is 6.09. The number of para-hydroxylation sites is 1. The van der Waals surface area contributed by atoms with Gasteiger partial charge < -0.3 is 16.4 Å². The van der Waals surface area contributed by atoms with Crippen molar-refractivity contribution in [1.82, 2.24) is 0 Å². The quantitative estimate of drug-likeness (QED) is 0.453. The monoisotopic (exact) mass is 314 g/mol. The summed E-state index contributed by atoms with van der Waals surface area (Å²) in [5, 5.41) is 16.0. The maximum absolute atomic E-state index is 12.2. The van der Waals surface area contributed by atoms with E-state index in [1.165, 1.54) is 25.1 Å². The summed E-state index contributed by atoms with van der Waals surface area (Å²) in [7, 11) is 0.